The smallest absolute Gasteiger partial charge is 0.323 e. The Morgan fingerprint density at radius 1 is 1.07 bits per heavy atom. The van der Waals surface area contributed by atoms with Crippen LogP contribution in [0.2, 0.25) is 0 Å². The number of hydrogen-bond acceptors (Lipinski definition) is 4. The van der Waals surface area contributed by atoms with Gasteiger partial charge in [0.05, 0.1) is 5.69 Å². The van der Waals surface area contributed by atoms with Gasteiger partial charge in [0.15, 0.2) is 6.61 Å². The van der Waals surface area contributed by atoms with E-state index >= 15 is 0 Å². The van der Waals surface area contributed by atoms with Crippen LogP contribution in [0.4, 0.5) is 21.9 Å². The van der Waals surface area contributed by atoms with Crippen molar-refractivity contribution in [1.82, 2.24) is 5.32 Å². The predicted octanol–water partition coefficient (Wildman–Crippen LogP) is 2.58. The maximum Gasteiger partial charge on any atom is 0.323 e. The Hall–Kier alpha value is -3.55. The molecule has 4 amide bonds. The van der Waals surface area contributed by atoms with Crippen molar-refractivity contribution in [2.75, 3.05) is 35.2 Å². The summed E-state index contributed by atoms with van der Waals surface area (Å²) in [5.41, 5.74) is 1.58. The molecule has 0 spiro atoms. The van der Waals surface area contributed by atoms with Crippen LogP contribution in [0, 0.1) is 0 Å². The molecule has 28 heavy (non-hydrogen) atoms. The lowest BCUT2D eigenvalue weighted by Crippen LogP contribution is -2.45. The van der Waals surface area contributed by atoms with Crippen molar-refractivity contribution in [2.24, 2.45) is 0 Å². The molecule has 0 radical (unpaired) electrons. The Bertz CT molecular complexity index is 870. The van der Waals surface area contributed by atoms with Crippen LogP contribution in [0.5, 0.6) is 5.75 Å². The summed E-state index contributed by atoms with van der Waals surface area (Å²) in [7, 11) is 0. The minimum absolute atomic E-state index is 0.102. The fourth-order valence-corrected chi connectivity index (χ4v) is 2.73. The van der Waals surface area contributed by atoms with E-state index in [0.29, 0.717) is 29.4 Å². The molecule has 2 aromatic rings. The van der Waals surface area contributed by atoms with Crippen molar-refractivity contribution < 1.29 is 19.1 Å². The van der Waals surface area contributed by atoms with Crippen molar-refractivity contribution in [2.45, 2.75) is 13.3 Å². The lowest BCUT2D eigenvalue weighted by atomic mass is 10.2. The topological polar surface area (TPSA) is 99.8 Å². The molecule has 8 nitrogen and oxygen atoms in total. The van der Waals surface area contributed by atoms with Crippen LogP contribution < -0.4 is 25.6 Å². The lowest BCUT2D eigenvalue weighted by molar-refractivity contribution is -0.125. The summed E-state index contributed by atoms with van der Waals surface area (Å²) in [5.74, 6) is -0.0785. The maximum atomic E-state index is 12.3. The number of carbonyl (C=O) groups excluding carboxylic acids is 3. The Balaban J connectivity index is 1.73. The van der Waals surface area contributed by atoms with Gasteiger partial charge in [-0.2, -0.15) is 0 Å². The third-order valence-electron chi connectivity index (χ3n) is 4.07. The average molecular weight is 382 g/mol. The van der Waals surface area contributed by atoms with Gasteiger partial charge in [-0.1, -0.05) is 25.1 Å². The second-order valence-electron chi connectivity index (χ2n) is 6.25. The van der Waals surface area contributed by atoms with Gasteiger partial charge in [-0.05, 0) is 36.8 Å². The molecule has 1 heterocycles. The van der Waals surface area contributed by atoms with Crippen LogP contribution in [0.1, 0.15) is 13.3 Å². The lowest BCUT2D eigenvalue weighted by Gasteiger charge is -2.29. The van der Waals surface area contributed by atoms with Crippen LogP contribution in [0.15, 0.2) is 48.5 Å². The number of para-hydroxylation sites is 1. The number of urea groups is 1. The molecule has 0 aromatic heterocycles. The first-order chi connectivity index (χ1) is 13.6. The zero-order valence-corrected chi connectivity index (χ0v) is 15.5. The zero-order chi connectivity index (χ0) is 19.9. The van der Waals surface area contributed by atoms with Gasteiger partial charge < -0.3 is 20.7 Å². The van der Waals surface area contributed by atoms with E-state index in [0.717, 1.165) is 6.42 Å². The van der Waals surface area contributed by atoms with Gasteiger partial charge in [-0.25, -0.2) is 4.79 Å². The molecule has 0 bridgehead atoms. The fraction of sp³-hybridized carbons (Fsp3) is 0.250. The number of nitrogens with one attached hydrogen (secondary N) is 3. The van der Waals surface area contributed by atoms with E-state index in [1.54, 1.807) is 30.3 Å². The SMILES string of the molecule is CCCNC(=O)CN1C(=O)COc2ccc(NC(=O)Nc3ccccc3)cc21. The van der Waals surface area contributed by atoms with Crippen molar-refractivity contribution >= 4 is 34.9 Å². The molecule has 0 atom stereocenters. The first kappa shape index (κ1) is 19.2. The second-order valence-corrected chi connectivity index (χ2v) is 6.25. The first-order valence-corrected chi connectivity index (χ1v) is 9.04. The molecular formula is C20H22N4O4. The summed E-state index contributed by atoms with van der Waals surface area (Å²) < 4.78 is 5.43. The summed E-state index contributed by atoms with van der Waals surface area (Å²) in [5, 5.41) is 8.19. The van der Waals surface area contributed by atoms with Crippen molar-refractivity contribution in [1.29, 1.82) is 0 Å². The van der Waals surface area contributed by atoms with Gasteiger partial charge in [0.1, 0.15) is 12.3 Å². The standard InChI is InChI=1S/C20H22N4O4/c1-2-10-21-18(25)12-24-16-11-15(8-9-17(16)28-13-19(24)26)23-20(27)22-14-6-4-3-5-7-14/h3-9,11H,2,10,12-13H2,1H3,(H,21,25)(H2,22,23,27). The molecule has 0 fully saturated rings. The highest BCUT2D eigenvalue weighted by molar-refractivity contribution is 6.04. The predicted molar refractivity (Wildman–Crippen MR) is 107 cm³/mol. The number of benzene rings is 2. The molecule has 0 unspecified atom stereocenters. The van der Waals surface area contributed by atoms with E-state index in [9.17, 15) is 14.4 Å². The van der Waals surface area contributed by atoms with E-state index in [-0.39, 0.29) is 25.0 Å². The number of ether oxygens (including phenoxy) is 1. The zero-order valence-electron chi connectivity index (χ0n) is 15.5. The first-order valence-electron chi connectivity index (χ1n) is 9.04. The molecule has 8 heteroatoms. The Morgan fingerprint density at radius 2 is 1.82 bits per heavy atom. The number of anilines is 3. The third kappa shape index (κ3) is 4.79. The van der Waals surface area contributed by atoms with E-state index in [1.165, 1.54) is 4.90 Å². The van der Waals surface area contributed by atoms with E-state index in [1.807, 2.05) is 25.1 Å². The number of nitrogens with zero attached hydrogens (tertiary/aromatic N) is 1. The van der Waals surface area contributed by atoms with Crippen LogP contribution in [0.25, 0.3) is 0 Å². The van der Waals surface area contributed by atoms with Crippen LogP contribution >= 0.6 is 0 Å². The largest absolute Gasteiger partial charge is 0.482 e. The maximum absolute atomic E-state index is 12.3. The molecule has 1 aliphatic rings. The molecular weight excluding hydrogens is 360 g/mol. The van der Waals surface area contributed by atoms with E-state index < -0.39 is 6.03 Å². The van der Waals surface area contributed by atoms with Gasteiger partial charge in [0, 0.05) is 17.9 Å². The summed E-state index contributed by atoms with van der Waals surface area (Å²) in [6.07, 6.45) is 0.810. The number of amides is 4. The Kier molecular flexibility index (Phi) is 6.11. The third-order valence-corrected chi connectivity index (χ3v) is 4.07. The van der Waals surface area contributed by atoms with Crippen molar-refractivity contribution in [3.63, 3.8) is 0 Å². The quantitative estimate of drug-likeness (QED) is 0.715. The number of fused-ring (bicyclic) bond motifs is 1. The Labute approximate surface area is 162 Å². The summed E-state index contributed by atoms with van der Waals surface area (Å²) in [6, 6.07) is 13.6. The number of carbonyl (C=O) groups is 3. The van der Waals surface area contributed by atoms with Gasteiger partial charge in [-0.3, -0.25) is 14.5 Å². The highest BCUT2D eigenvalue weighted by Gasteiger charge is 2.27. The molecule has 2 aromatic carbocycles. The fourth-order valence-electron chi connectivity index (χ4n) is 2.73. The molecule has 3 rings (SSSR count). The number of rotatable bonds is 6. The molecule has 3 N–H and O–H groups in total. The normalized spacial score (nSPS) is 12.6. The number of hydrogen-bond donors (Lipinski definition) is 3. The summed E-state index contributed by atoms with van der Waals surface area (Å²) in [4.78, 5) is 37.9. The van der Waals surface area contributed by atoms with Crippen LogP contribution in [-0.4, -0.2) is 37.5 Å². The monoisotopic (exact) mass is 382 g/mol. The van der Waals surface area contributed by atoms with Crippen LogP contribution in [0.3, 0.4) is 0 Å². The van der Waals surface area contributed by atoms with Gasteiger partial charge >= 0.3 is 6.03 Å². The minimum atomic E-state index is -0.415. The minimum Gasteiger partial charge on any atom is -0.482 e. The van der Waals surface area contributed by atoms with Crippen LogP contribution in [-0.2, 0) is 9.59 Å². The van der Waals surface area contributed by atoms with E-state index in [2.05, 4.69) is 16.0 Å². The van der Waals surface area contributed by atoms with E-state index in [4.69, 9.17) is 4.74 Å². The molecule has 146 valence electrons. The van der Waals surface area contributed by atoms with Gasteiger partial charge in [0.25, 0.3) is 5.91 Å². The Morgan fingerprint density at radius 3 is 2.57 bits per heavy atom. The summed E-state index contributed by atoms with van der Waals surface area (Å²) in [6.45, 7) is 2.27. The second kappa shape index (κ2) is 8.90. The highest BCUT2D eigenvalue weighted by Crippen LogP contribution is 2.34. The molecule has 0 saturated heterocycles. The molecule has 0 aliphatic carbocycles. The van der Waals surface area contributed by atoms with Crippen molar-refractivity contribution in [3.8, 4) is 5.75 Å². The molecule has 1 aliphatic heterocycles. The average Bonchev–Trinajstić information content (AvgIpc) is 2.69. The van der Waals surface area contributed by atoms with Gasteiger partial charge in [-0.15, -0.1) is 0 Å². The van der Waals surface area contributed by atoms with Gasteiger partial charge in [0.2, 0.25) is 5.91 Å². The molecule has 0 saturated carbocycles. The summed E-state index contributed by atoms with van der Waals surface area (Å²) >= 11 is 0. The highest BCUT2D eigenvalue weighted by atomic mass is 16.5. The van der Waals surface area contributed by atoms with Crippen molar-refractivity contribution in [3.05, 3.63) is 48.5 Å².